The first kappa shape index (κ1) is 14.7. The van der Waals surface area contributed by atoms with Crippen molar-refractivity contribution >= 4 is 24.0 Å². The molecule has 0 saturated carbocycles. The molecule has 0 atom stereocenters. The first-order valence-electron chi connectivity index (χ1n) is 6.80. The highest BCUT2D eigenvalue weighted by molar-refractivity contribution is 7.97. The molecule has 104 valence electrons. The molecule has 0 fully saturated rings. The number of hydrogen-bond donors (Lipinski definition) is 0. The van der Waals surface area contributed by atoms with E-state index in [1.165, 1.54) is 16.0 Å². The van der Waals surface area contributed by atoms with E-state index in [4.69, 9.17) is 0 Å². The predicted molar refractivity (Wildman–Crippen MR) is 88.7 cm³/mol. The molecule has 0 unspecified atom stereocenters. The number of aliphatic imine (C=N–C) groups is 1. The zero-order chi connectivity index (χ0) is 14.4. The third kappa shape index (κ3) is 4.14. The third-order valence-electron chi connectivity index (χ3n) is 2.96. The lowest BCUT2D eigenvalue weighted by Gasteiger charge is -2.15. The molecular weight excluding hydrogens is 264 g/mol. The molecule has 2 rings (SSSR count). The quantitative estimate of drug-likeness (QED) is 0.436. The predicted octanol–water partition coefficient (Wildman–Crippen LogP) is 4.99. The maximum Gasteiger partial charge on any atom is 0.101 e. The Kier molecular flexibility index (Phi) is 5.24. The maximum atomic E-state index is 4.59. The lowest BCUT2D eigenvalue weighted by Crippen LogP contribution is -2.11. The molecule has 0 heterocycles. The lowest BCUT2D eigenvalue weighted by atomic mass is 10.1. The van der Waals surface area contributed by atoms with Gasteiger partial charge in [0.25, 0.3) is 0 Å². The Morgan fingerprint density at radius 1 is 1.10 bits per heavy atom. The van der Waals surface area contributed by atoms with Gasteiger partial charge in [0.15, 0.2) is 0 Å². The van der Waals surface area contributed by atoms with Crippen LogP contribution >= 0.6 is 11.9 Å². The molecule has 0 spiro atoms. The summed E-state index contributed by atoms with van der Waals surface area (Å²) in [4.78, 5) is 5.82. The van der Waals surface area contributed by atoms with Crippen molar-refractivity contribution in [2.45, 2.75) is 25.7 Å². The van der Waals surface area contributed by atoms with Gasteiger partial charge in [0.1, 0.15) is 6.34 Å². The summed E-state index contributed by atoms with van der Waals surface area (Å²) in [7, 11) is 0. The summed E-state index contributed by atoms with van der Waals surface area (Å²) in [5.41, 5.74) is 3.51. The van der Waals surface area contributed by atoms with Crippen molar-refractivity contribution in [2.24, 2.45) is 4.99 Å². The number of hydrogen-bond acceptors (Lipinski definition) is 2. The summed E-state index contributed by atoms with van der Waals surface area (Å²) < 4.78 is 2.13. The van der Waals surface area contributed by atoms with Crippen molar-refractivity contribution in [3.05, 3.63) is 59.7 Å². The maximum absolute atomic E-state index is 4.59. The van der Waals surface area contributed by atoms with Crippen LogP contribution in [0.15, 0.2) is 58.4 Å². The molecule has 0 aliphatic rings. The van der Waals surface area contributed by atoms with Gasteiger partial charge in [-0.25, -0.2) is 4.99 Å². The minimum atomic E-state index is 0.911. The van der Waals surface area contributed by atoms with Crippen LogP contribution < -0.4 is 0 Å². The Morgan fingerprint density at radius 2 is 1.85 bits per heavy atom. The van der Waals surface area contributed by atoms with Crippen molar-refractivity contribution in [1.29, 1.82) is 0 Å². The van der Waals surface area contributed by atoms with Gasteiger partial charge < -0.3 is 4.31 Å². The fourth-order valence-corrected chi connectivity index (χ4v) is 2.64. The average Bonchev–Trinajstić information content (AvgIpc) is 2.46. The van der Waals surface area contributed by atoms with Gasteiger partial charge in [-0.3, -0.25) is 0 Å². The highest BCUT2D eigenvalue weighted by Crippen LogP contribution is 2.23. The van der Waals surface area contributed by atoms with E-state index in [9.17, 15) is 0 Å². The summed E-state index contributed by atoms with van der Waals surface area (Å²) in [5.74, 6) is 0. The number of benzene rings is 2. The summed E-state index contributed by atoms with van der Waals surface area (Å²) in [5, 5.41) is 0. The standard InChI is InChI=1S/C17H20N2S/c1-4-19(20-16-8-6-5-7-9-16)13-18-17-11-10-14(2)12-15(17)3/h5-13H,4H2,1-3H3. The van der Waals surface area contributed by atoms with E-state index >= 15 is 0 Å². The normalized spacial score (nSPS) is 10.9. The Bertz CT molecular complexity index is 579. The van der Waals surface area contributed by atoms with E-state index in [1.807, 2.05) is 12.4 Å². The van der Waals surface area contributed by atoms with Gasteiger partial charge in [0.2, 0.25) is 0 Å². The summed E-state index contributed by atoms with van der Waals surface area (Å²) in [6, 6.07) is 16.7. The van der Waals surface area contributed by atoms with Crippen LogP contribution in [-0.4, -0.2) is 17.2 Å². The molecule has 0 aliphatic carbocycles. The Hall–Kier alpha value is -1.74. The number of aryl methyl sites for hydroxylation is 2. The summed E-state index contributed by atoms with van der Waals surface area (Å²) in [6.45, 7) is 7.24. The van der Waals surface area contributed by atoms with Gasteiger partial charge in [-0.2, -0.15) is 0 Å². The minimum absolute atomic E-state index is 0.911. The molecule has 0 N–H and O–H groups in total. The van der Waals surface area contributed by atoms with E-state index in [-0.39, 0.29) is 0 Å². The van der Waals surface area contributed by atoms with E-state index in [1.54, 1.807) is 11.9 Å². The van der Waals surface area contributed by atoms with Crippen molar-refractivity contribution < 1.29 is 0 Å². The Labute approximate surface area is 125 Å². The Balaban J connectivity index is 2.07. The van der Waals surface area contributed by atoms with Crippen LogP contribution in [0.3, 0.4) is 0 Å². The summed E-state index contributed by atoms with van der Waals surface area (Å²) in [6.07, 6.45) is 1.91. The zero-order valence-corrected chi connectivity index (χ0v) is 13.0. The van der Waals surface area contributed by atoms with Crippen molar-refractivity contribution in [3.63, 3.8) is 0 Å². The van der Waals surface area contributed by atoms with Crippen molar-refractivity contribution in [3.8, 4) is 0 Å². The molecule has 0 saturated heterocycles. The van der Waals surface area contributed by atoms with E-state index < -0.39 is 0 Å². The van der Waals surface area contributed by atoms with E-state index in [2.05, 4.69) is 72.5 Å². The van der Waals surface area contributed by atoms with E-state index in [0.29, 0.717) is 0 Å². The molecule has 3 heteroatoms. The highest BCUT2D eigenvalue weighted by Gasteiger charge is 2.01. The van der Waals surface area contributed by atoms with Crippen LogP contribution in [0.4, 0.5) is 5.69 Å². The molecule has 0 aromatic heterocycles. The SMILES string of the molecule is CCN(C=Nc1ccc(C)cc1C)Sc1ccccc1. The fourth-order valence-electron chi connectivity index (χ4n) is 1.86. The van der Waals surface area contributed by atoms with Crippen molar-refractivity contribution in [2.75, 3.05) is 6.54 Å². The van der Waals surface area contributed by atoms with Crippen LogP contribution in [0.25, 0.3) is 0 Å². The average molecular weight is 284 g/mol. The first-order chi connectivity index (χ1) is 9.69. The molecule has 2 aromatic rings. The van der Waals surface area contributed by atoms with Crippen LogP contribution in [0.5, 0.6) is 0 Å². The van der Waals surface area contributed by atoms with Gasteiger partial charge in [-0.05, 0) is 56.5 Å². The molecule has 0 bridgehead atoms. The van der Waals surface area contributed by atoms with Crippen LogP contribution in [0.1, 0.15) is 18.1 Å². The van der Waals surface area contributed by atoms with Crippen LogP contribution in [0, 0.1) is 13.8 Å². The largest absolute Gasteiger partial charge is 0.303 e. The van der Waals surface area contributed by atoms with E-state index in [0.717, 1.165) is 12.2 Å². The number of rotatable bonds is 5. The van der Waals surface area contributed by atoms with Gasteiger partial charge in [-0.1, -0.05) is 35.9 Å². The molecule has 2 nitrogen and oxygen atoms in total. The molecule has 2 aromatic carbocycles. The molecule has 0 aliphatic heterocycles. The number of nitrogens with zero attached hydrogens (tertiary/aromatic N) is 2. The van der Waals surface area contributed by atoms with Gasteiger partial charge in [0.05, 0.1) is 5.69 Å². The van der Waals surface area contributed by atoms with Crippen LogP contribution in [0.2, 0.25) is 0 Å². The third-order valence-corrected chi connectivity index (χ3v) is 4.03. The monoisotopic (exact) mass is 284 g/mol. The van der Waals surface area contributed by atoms with Gasteiger partial charge in [-0.15, -0.1) is 0 Å². The summed E-state index contributed by atoms with van der Waals surface area (Å²) >= 11 is 1.70. The Morgan fingerprint density at radius 3 is 2.50 bits per heavy atom. The molecule has 0 amide bonds. The smallest absolute Gasteiger partial charge is 0.101 e. The minimum Gasteiger partial charge on any atom is -0.303 e. The van der Waals surface area contributed by atoms with Gasteiger partial charge >= 0.3 is 0 Å². The second-order valence-corrected chi connectivity index (χ2v) is 5.80. The van der Waals surface area contributed by atoms with Crippen molar-refractivity contribution in [1.82, 2.24) is 4.31 Å². The molecule has 0 radical (unpaired) electrons. The fraction of sp³-hybridized carbons (Fsp3) is 0.235. The second kappa shape index (κ2) is 7.15. The first-order valence-corrected chi connectivity index (χ1v) is 7.57. The zero-order valence-electron chi connectivity index (χ0n) is 12.2. The second-order valence-electron chi connectivity index (χ2n) is 4.67. The lowest BCUT2D eigenvalue weighted by molar-refractivity contribution is 0.733. The van der Waals surface area contributed by atoms with Gasteiger partial charge in [0, 0.05) is 11.4 Å². The molecular formula is C17H20N2S. The highest BCUT2D eigenvalue weighted by atomic mass is 32.2. The van der Waals surface area contributed by atoms with Crippen LogP contribution in [-0.2, 0) is 0 Å². The molecule has 20 heavy (non-hydrogen) atoms. The topological polar surface area (TPSA) is 15.6 Å².